The minimum absolute atomic E-state index is 0. The molecule has 8 heteroatoms. The van der Waals surface area contributed by atoms with Crippen molar-refractivity contribution in [3.63, 3.8) is 0 Å². The van der Waals surface area contributed by atoms with Crippen molar-refractivity contribution < 1.29 is 38.0 Å². The van der Waals surface area contributed by atoms with Crippen LogP contribution < -0.4 is 29.6 Å². The van der Waals surface area contributed by atoms with Gasteiger partial charge in [-0.05, 0) is 19.1 Å². The Balaban J connectivity index is 0.00000200. The van der Waals surface area contributed by atoms with Crippen molar-refractivity contribution in [3.05, 3.63) is 29.8 Å². The average Bonchev–Trinajstić information content (AvgIpc) is 2.39. The summed E-state index contributed by atoms with van der Waals surface area (Å²) in [6.45, 7) is 3.90. The summed E-state index contributed by atoms with van der Waals surface area (Å²) >= 11 is 9.86. The molecule has 0 bridgehead atoms. The van der Waals surface area contributed by atoms with Gasteiger partial charge in [0.05, 0.1) is 4.90 Å². The zero-order valence-electron chi connectivity index (χ0n) is 11.6. The summed E-state index contributed by atoms with van der Waals surface area (Å²) in [7, 11) is -3.40. The third-order valence-electron chi connectivity index (χ3n) is 3.16. The Bertz CT molecular complexity index is 567. The number of piperazine rings is 1. The van der Waals surface area contributed by atoms with E-state index in [1.807, 2.05) is 24.0 Å². The molecule has 1 saturated heterocycles. The number of nitrogens with zero attached hydrogens (tertiary/aromatic N) is 2. The fourth-order valence-electron chi connectivity index (χ4n) is 1.97. The van der Waals surface area contributed by atoms with E-state index >= 15 is 0 Å². The first-order valence-electron chi connectivity index (χ1n) is 5.94. The molecule has 1 aromatic rings. The van der Waals surface area contributed by atoms with Gasteiger partial charge in [-0.25, -0.2) is 8.42 Å². The molecule has 0 aromatic heterocycles. The Morgan fingerprint density at radius 1 is 1.15 bits per heavy atom. The van der Waals surface area contributed by atoms with Gasteiger partial charge in [-0.15, -0.1) is 0 Å². The molecule has 1 heterocycles. The van der Waals surface area contributed by atoms with Crippen LogP contribution in [-0.2, 0) is 22.7 Å². The van der Waals surface area contributed by atoms with Gasteiger partial charge in [0.25, 0.3) is 0 Å². The van der Waals surface area contributed by atoms with Crippen LogP contribution in [0, 0.1) is 6.92 Å². The average molecular weight is 338 g/mol. The van der Waals surface area contributed by atoms with Crippen molar-refractivity contribution in [1.82, 2.24) is 9.21 Å². The van der Waals surface area contributed by atoms with Crippen LogP contribution in [0.15, 0.2) is 29.2 Å². The Morgan fingerprint density at radius 3 is 2.10 bits per heavy atom. The van der Waals surface area contributed by atoms with Gasteiger partial charge < -0.3 is 29.7 Å². The monoisotopic (exact) mass is 338 g/mol. The maximum absolute atomic E-state index is 12.4. The summed E-state index contributed by atoms with van der Waals surface area (Å²) in [6, 6.07) is 6.91. The van der Waals surface area contributed by atoms with Crippen LogP contribution in [0.3, 0.4) is 0 Å². The predicted molar refractivity (Wildman–Crippen MR) is 81.5 cm³/mol. The third kappa shape index (κ3) is 4.13. The van der Waals surface area contributed by atoms with Crippen molar-refractivity contribution >= 4 is 39.2 Å². The van der Waals surface area contributed by atoms with E-state index in [0.717, 1.165) is 5.56 Å². The zero-order valence-corrected chi connectivity index (χ0v) is 16.0. The minimum Gasteiger partial charge on any atom is -0.411 e. The predicted octanol–water partition coefficient (Wildman–Crippen LogP) is -1.86. The number of benzene rings is 1. The van der Waals surface area contributed by atoms with Crippen molar-refractivity contribution in [2.75, 3.05) is 26.2 Å². The molecule has 104 valence electrons. The number of sulfonamides is 1. The van der Waals surface area contributed by atoms with Crippen LogP contribution in [0.4, 0.5) is 0 Å². The standard InChI is InChI=1S/C12H16N2O2S3.Na/c1-10-2-4-11(5-3-10)19(15,16)14-8-6-13(7-9-14)12(17)18;/h2-5H,6-9H2,1H3,(H,17,18);/q;+1/p-1. The maximum Gasteiger partial charge on any atom is 1.00 e. The maximum atomic E-state index is 12.4. The molecule has 1 aliphatic heterocycles. The first kappa shape index (κ1) is 18.3. The van der Waals surface area contributed by atoms with Crippen LogP contribution in [0.25, 0.3) is 0 Å². The molecule has 0 amide bonds. The van der Waals surface area contributed by atoms with E-state index in [-0.39, 0.29) is 29.6 Å². The molecule has 0 unspecified atom stereocenters. The summed E-state index contributed by atoms with van der Waals surface area (Å²) in [5.41, 5.74) is 1.04. The number of hydrogen-bond acceptors (Lipinski definition) is 4. The first-order chi connectivity index (χ1) is 8.91. The summed E-state index contributed by atoms with van der Waals surface area (Å²) in [4.78, 5) is 2.19. The molecule has 1 fully saturated rings. The Hall–Kier alpha value is 0.240. The molecule has 0 saturated carbocycles. The summed E-state index contributed by atoms with van der Waals surface area (Å²) in [6.07, 6.45) is 0. The molecular formula is C12H15N2NaO2S3. The summed E-state index contributed by atoms with van der Waals surface area (Å²) in [5.74, 6) is 0. The van der Waals surface area contributed by atoms with Gasteiger partial charge in [-0.2, -0.15) is 4.31 Å². The van der Waals surface area contributed by atoms with E-state index < -0.39 is 10.0 Å². The first-order valence-corrected chi connectivity index (χ1v) is 8.19. The van der Waals surface area contributed by atoms with Gasteiger partial charge >= 0.3 is 29.6 Å². The molecule has 0 N–H and O–H groups in total. The molecule has 0 radical (unpaired) electrons. The minimum atomic E-state index is -3.40. The van der Waals surface area contributed by atoms with Crippen LogP contribution in [0.5, 0.6) is 0 Å². The van der Waals surface area contributed by atoms with Crippen LogP contribution >= 0.6 is 12.2 Å². The normalized spacial score (nSPS) is 16.6. The molecule has 0 aliphatic carbocycles. The summed E-state index contributed by atoms with van der Waals surface area (Å²) in [5, 5.41) is 0. The van der Waals surface area contributed by atoms with E-state index in [0.29, 0.717) is 35.4 Å². The molecule has 1 aromatic carbocycles. The van der Waals surface area contributed by atoms with Gasteiger partial charge in [-0.3, -0.25) is 0 Å². The van der Waals surface area contributed by atoms with Crippen molar-refractivity contribution in [1.29, 1.82) is 0 Å². The quantitative estimate of drug-likeness (QED) is 0.359. The Labute approximate surface area is 153 Å². The van der Waals surface area contributed by atoms with E-state index in [1.54, 1.807) is 12.1 Å². The molecule has 1 aliphatic rings. The number of hydrogen-bond donors (Lipinski definition) is 0. The molecule has 4 nitrogen and oxygen atoms in total. The van der Waals surface area contributed by atoms with Crippen molar-refractivity contribution in [2.24, 2.45) is 0 Å². The van der Waals surface area contributed by atoms with Gasteiger partial charge in [-0.1, -0.05) is 22.0 Å². The van der Waals surface area contributed by atoms with E-state index in [1.165, 1.54) is 4.31 Å². The second-order valence-electron chi connectivity index (χ2n) is 4.47. The summed E-state index contributed by atoms with van der Waals surface area (Å²) < 4.78 is 26.7. The molecular weight excluding hydrogens is 323 g/mol. The van der Waals surface area contributed by atoms with E-state index in [9.17, 15) is 8.42 Å². The van der Waals surface area contributed by atoms with Gasteiger partial charge in [0.1, 0.15) is 0 Å². The van der Waals surface area contributed by atoms with Crippen molar-refractivity contribution in [3.8, 4) is 0 Å². The number of thiocarbonyl (C=S) groups is 1. The van der Waals surface area contributed by atoms with Crippen LogP contribution in [0.2, 0.25) is 0 Å². The second-order valence-corrected chi connectivity index (χ2v) is 7.44. The Morgan fingerprint density at radius 2 is 1.65 bits per heavy atom. The van der Waals surface area contributed by atoms with Crippen molar-refractivity contribution in [2.45, 2.75) is 11.8 Å². The largest absolute Gasteiger partial charge is 1.00 e. The molecule has 20 heavy (non-hydrogen) atoms. The molecule has 0 spiro atoms. The zero-order chi connectivity index (χ0) is 14.0. The molecule has 0 atom stereocenters. The fraction of sp³-hybridized carbons (Fsp3) is 0.417. The molecule has 2 rings (SSSR count). The number of aryl methyl sites for hydroxylation is 1. The van der Waals surface area contributed by atoms with Gasteiger partial charge in [0.15, 0.2) is 0 Å². The topological polar surface area (TPSA) is 40.6 Å². The second kappa shape index (κ2) is 7.49. The smallest absolute Gasteiger partial charge is 0.411 e. The van der Waals surface area contributed by atoms with Crippen LogP contribution in [0.1, 0.15) is 5.56 Å². The van der Waals surface area contributed by atoms with Gasteiger partial charge in [0, 0.05) is 26.2 Å². The third-order valence-corrected chi connectivity index (χ3v) is 5.58. The van der Waals surface area contributed by atoms with E-state index in [2.05, 4.69) is 0 Å². The fourth-order valence-corrected chi connectivity index (χ4v) is 3.76. The van der Waals surface area contributed by atoms with Gasteiger partial charge in [0.2, 0.25) is 10.0 Å². The number of rotatable bonds is 2. The van der Waals surface area contributed by atoms with Crippen LogP contribution in [-0.4, -0.2) is 48.1 Å². The SMILES string of the molecule is Cc1ccc(S(=O)(=O)N2CCN(C(=S)[S-])CC2)cc1.[Na+]. The van der Waals surface area contributed by atoms with E-state index in [4.69, 9.17) is 24.8 Å². The Kier molecular flexibility index (Phi) is 6.85.